The molecule has 3 nitrogen and oxygen atoms in total. The van der Waals surface area contributed by atoms with E-state index < -0.39 is 0 Å². The summed E-state index contributed by atoms with van der Waals surface area (Å²) < 4.78 is 6.09. The molecule has 0 aliphatic heterocycles. The summed E-state index contributed by atoms with van der Waals surface area (Å²) in [6, 6.07) is 2.00. The van der Waals surface area contributed by atoms with Crippen LogP contribution in [-0.4, -0.2) is 17.1 Å². The zero-order valence-corrected chi connectivity index (χ0v) is 9.26. The Morgan fingerprint density at radius 3 is 3.07 bits per heavy atom. The third-order valence-corrected chi connectivity index (χ3v) is 2.65. The fourth-order valence-corrected chi connectivity index (χ4v) is 1.76. The van der Waals surface area contributed by atoms with Gasteiger partial charge >= 0.3 is 0 Å². The van der Waals surface area contributed by atoms with Crippen LogP contribution in [0.3, 0.4) is 0 Å². The molecule has 0 aromatic carbocycles. The zero-order valence-electron chi connectivity index (χ0n) is 7.67. The number of pyridine rings is 1. The van der Waals surface area contributed by atoms with Crippen molar-refractivity contribution >= 4 is 32.9 Å². The summed E-state index contributed by atoms with van der Waals surface area (Å²) in [7, 11) is 1.60. The van der Waals surface area contributed by atoms with E-state index in [1.807, 2.05) is 6.07 Å². The van der Waals surface area contributed by atoms with Gasteiger partial charge in [-0.3, -0.25) is 0 Å². The summed E-state index contributed by atoms with van der Waals surface area (Å²) >= 11 is 3.43. The Morgan fingerprint density at radius 2 is 2.43 bits per heavy atom. The van der Waals surface area contributed by atoms with Gasteiger partial charge in [-0.15, -0.1) is 0 Å². The molecule has 2 heterocycles. The Kier molecular flexibility index (Phi) is 2.29. The largest absolute Gasteiger partial charge is 0.479 e. The van der Waals surface area contributed by atoms with E-state index in [0.29, 0.717) is 5.88 Å². The number of nitrogens with one attached hydrogen (secondary N) is 1. The van der Waals surface area contributed by atoms with Crippen molar-refractivity contribution in [1.29, 1.82) is 0 Å². The number of hydrogen-bond donors (Lipinski definition) is 1. The van der Waals surface area contributed by atoms with Gasteiger partial charge in [0.25, 0.3) is 0 Å². The summed E-state index contributed by atoms with van der Waals surface area (Å²) in [6.45, 7) is 3.70. The molecule has 0 aliphatic carbocycles. The molecule has 0 atom stereocenters. The molecule has 2 aromatic heterocycles. The normalized spacial score (nSPS) is 10.4. The van der Waals surface area contributed by atoms with Crippen molar-refractivity contribution in [1.82, 2.24) is 9.97 Å². The van der Waals surface area contributed by atoms with Crippen molar-refractivity contribution in [3.8, 4) is 5.88 Å². The summed E-state index contributed by atoms with van der Waals surface area (Å²) in [5.74, 6) is 0.594. The lowest BCUT2D eigenvalue weighted by Crippen LogP contribution is -1.88. The van der Waals surface area contributed by atoms with Crippen molar-refractivity contribution in [2.45, 2.75) is 0 Å². The van der Waals surface area contributed by atoms with Gasteiger partial charge in [-0.25, -0.2) is 4.98 Å². The van der Waals surface area contributed by atoms with Crippen LogP contribution in [0.2, 0.25) is 0 Å². The first-order valence-corrected chi connectivity index (χ1v) is 4.89. The van der Waals surface area contributed by atoms with Crippen LogP contribution in [0.15, 0.2) is 23.3 Å². The van der Waals surface area contributed by atoms with Crippen molar-refractivity contribution in [3.05, 3.63) is 29.0 Å². The molecule has 1 N–H and O–H groups in total. The summed E-state index contributed by atoms with van der Waals surface area (Å²) in [4.78, 5) is 7.31. The van der Waals surface area contributed by atoms with Crippen LogP contribution in [-0.2, 0) is 0 Å². The van der Waals surface area contributed by atoms with Gasteiger partial charge in [0, 0.05) is 21.7 Å². The van der Waals surface area contributed by atoms with Gasteiger partial charge in [-0.1, -0.05) is 6.58 Å². The SMILES string of the molecule is C=Cc1cc2c(Br)cnc(OC)c2[nH]1. The highest BCUT2D eigenvalue weighted by molar-refractivity contribution is 9.10. The molecule has 2 aromatic rings. The third kappa shape index (κ3) is 1.32. The average Bonchev–Trinajstić information content (AvgIpc) is 2.63. The second-order valence-electron chi connectivity index (χ2n) is 2.83. The lowest BCUT2D eigenvalue weighted by atomic mass is 10.3. The Balaban J connectivity index is 2.81. The first kappa shape index (κ1) is 9.27. The Bertz CT molecular complexity index is 490. The molecule has 0 spiro atoms. The molecular weight excluding hydrogens is 244 g/mol. The van der Waals surface area contributed by atoms with Crippen LogP contribution in [0, 0.1) is 0 Å². The van der Waals surface area contributed by atoms with Gasteiger partial charge in [0.15, 0.2) is 0 Å². The van der Waals surface area contributed by atoms with Crippen LogP contribution in [0.25, 0.3) is 17.0 Å². The fraction of sp³-hybridized carbons (Fsp3) is 0.100. The second kappa shape index (κ2) is 3.46. The minimum absolute atomic E-state index is 0.594. The number of hydrogen-bond acceptors (Lipinski definition) is 2. The first-order chi connectivity index (χ1) is 6.76. The quantitative estimate of drug-likeness (QED) is 0.893. The lowest BCUT2D eigenvalue weighted by molar-refractivity contribution is 0.402. The molecule has 14 heavy (non-hydrogen) atoms. The molecule has 0 bridgehead atoms. The predicted molar refractivity (Wildman–Crippen MR) is 60.4 cm³/mol. The van der Waals surface area contributed by atoms with E-state index in [9.17, 15) is 0 Å². The Hall–Kier alpha value is -1.29. The average molecular weight is 253 g/mol. The smallest absolute Gasteiger partial charge is 0.238 e. The number of rotatable bonds is 2. The molecule has 0 unspecified atom stereocenters. The standard InChI is InChI=1S/C10H9BrN2O/c1-3-6-4-7-8(11)5-12-10(14-2)9(7)13-6/h3-5,13H,1H2,2H3. The molecule has 0 aliphatic rings. The van der Waals surface area contributed by atoms with Gasteiger partial charge in [-0.05, 0) is 28.1 Å². The minimum Gasteiger partial charge on any atom is -0.479 e. The molecule has 2 rings (SSSR count). The van der Waals surface area contributed by atoms with Gasteiger partial charge < -0.3 is 9.72 Å². The summed E-state index contributed by atoms with van der Waals surface area (Å²) in [5.41, 5.74) is 1.84. The van der Waals surface area contributed by atoms with Crippen LogP contribution in [0.4, 0.5) is 0 Å². The highest BCUT2D eigenvalue weighted by Crippen LogP contribution is 2.29. The Labute approximate surface area is 89.9 Å². The molecule has 0 amide bonds. The topological polar surface area (TPSA) is 37.9 Å². The maximum Gasteiger partial charge on any atom is 0.238 e. The molecule has 0 saturated heterocycles. The minimum atomic E-state index is 0.594. The number of aromatic nitrogens is 2. The fourth-order valence-electron chi connectivity index (χ4n) is 1.35. The van der Waals surface area contributed by atoms with Crippen LogP contribution in [0.1, 0.15) is 5.69 Å². The summed E-state index contributed by atoms with van der Waals surface area (Å²) in [5, 5.41) is 1.05. The van der Waals surface area contributed by atoms with Crippen LogP contribution in [0.5, 0.6) is 5.88 Å². The molecular formula is C10H9BrN2O. The van der Waals surface area contributed by atoms with E-state index in [-0.39, 0.29) is 0 Å². The van der Waals surface area contributed by atoms with Gasteiger partial charge in [0.05, 0.1) is 7.11 Å². The third-order valence-electron chi connectivity index (χ3n) is 2.02. The molecule has 4 heteroatoms. The van der Waals surface area contributed by atoms with E-state index in [2.05, 4.69) is 32.5 Å². The van der Waals surface area contributed by atoms with Crippen molar-refractivity contribution in [2.24, 2.45) is 0 Å². The molecule has 72 valence electrons. The van der Waals surface area contributed by atoms with Crippen molar-refractivity contribution in [3.63, 3.8) is 0 Å². The maximum atomic E-state index is 5.14. The highest BCUT2D eigenvalue weighted by atomic mass is 79.9. The van der Waals surface area contributed by atoms with Gasteiger partial charge in [-0.2, -0.15) is 0 Å². The number of halogens is 1. The van der Waals surface area contributed by atoms with Crippen LogP contribution >= 0.6 is 15.9 Å². The van der Waals surface area contributed by atoms with E-state index >= 15 is 0 Å². The van der Waals surface area contributed by atoms with E-state index in [1.54, 1.807) is 19.4 Å². The number of H-pyrrole nitrogens is 1. The molecule has 0 radical (unpaired) electrons. The van der Waals surface area contributed by atoms with E-state index in [4.69, 9.17) is 4.74 Å². The number of nitrogens with zero attached hydrogens (tertiary/aromatic N) is 1. The predicted octanol–water partition coefficient (Wildman–Crippen LogP) is 2.98. The highest BCUT2D eigenvalue weighted by Gasteiger charge is 2.08. The zero-order chi connectivity index (χ0) is 10.1. The van der Waals surface area contributed by atoms with Crippen molar-refractivity contribution < 1.29 is 4.74 Å². The number of aromatic amines is 1. The van der Waals surface area contributed by atoms with Gasteiger partial charge in [0.1, 0.15) is 5.52 Å². The van der Waals surface area contributed by atoms with Gasteiger partial charge in [0.2, 0.25) is 5.88 Å². The maximum absolute atomic E-state index is 5.14. The van der Waals surface area contributed by atoms with E-state index in [1.165, 1.54) is 0 Å². The molecule has 0 saturated carbocycles. The lowest BCUT2D eigenvalue weighted by Gasteiger charge is -2.00. The van der Waals surface area contributed by atoms with E-state index in [0.717, 1.165) is 21.1 Å². The number of fused-ring (bicyclic) bond motifs is 1. The molecule has 0 fully saturated rings. The summed E-state index contributed by atoms with van der Waals surface area (Å²) in [6.07, 6.45) is 3.48. The monoisotopic (exact) mass is 252 g/mol. The second-order valence-corrected chi connectivity index (χ2v) is 3.69. The number of methoxy groups -OCH3 is 1. The van der Waals surface area contributed by atoms with Crippen molar-refractivity contribution in [2.75, 3.05) is 7.11 Å². The number of ether oxygens (including phenoxy) is 1. The van der Waals surface area contributed by atoms with Crippen LogP contribution < -0.4 is 4.74 Å². The Morgan fingerprint density at radius 1 is 1.64 bits per heavy atom. The first-order valence-electron chi connectivity index (χ1n) is 4.10.